The monoisotopic (exact) mass is 246 g/mol. The zero-order valence-corrected chi connectivity index (χ0v) is 11.3. The maximum absolute atomic E-state index is 12.4. The summed E-state index contributed by atoms with van der Waals surface area (Å²) in [5, 5.41) is 0. The maximum Gasteiger partial charge on any atom is 0.255 e. The molecule has 0 saturated carbocycles. The van der Waals surface area contributed by atoms with Crippen molar-refractivity contribution in [2.75, 3.05) is 18.8 Å². The standard InChI is InChI=1S/C15H22N2O/c1-3-4-12-7-8-17(10-12)15(18)13-9-11(2)5-6-14(13)16/h5-6,9,12H,3-4,7-8,10,16H2,1-2H3. The van der Waals surface area contributed by atoms with Crippen molar-refractivity contribution in [1.82, 2.24) is 4.90 Å². The molecule has 1 unspecified atom stereocenters. The number of aryl methyl sites for hydroxylation is 1. The van der Waals surface area contributed by atoms with Gasteiger partial charge in [0.15, 0.2) is 0 Å². The molecule has 0 aliphatic carbocycles. The van der Waals surface area contributed by atoms with Crippen molar-refractivity contribution in [3.05, 3.63) is 29.3 Å². The normalized spacial score (nSPS) is 19.2. The van der Waals surface area contributed by atoms with Crippen LogP contribution in [0.1, 0.15) is 42.1 Å². The van der Waals surface area contributed by atoms with Crippen molar-refractivity contribution in [1.29, 1.82) is 0 Å². The van der Waals surface area contributed by atoms with Crippen LogP contribution >= 0.6 is 0 Å². The van der Waals surface area contributed by atoms with E-state index in [4.69, 9.17) is 5.73 Å². The molecule has 1 aromatic rings. The fourth-order valence-electron chi connectivity index (χ4n) is 2.69. The van der Waals surface area contributed by atoms with Crippen LogP contribution in [-0.2, 0) is 0 Å². The quantitative estimate of drug-likeness (QED) is 0.834. The van der Waals surface area contributed by atoms with Crippen molar-refractivity contribution >= 4 is 11.6 Å². The Bertz CT molecular complexity index is 442. The number of carbonyl (C=O) groups is 1. The van der Waals surface area contributed by atoms with Gasteiger partial charge in [-0.3, -0.25) is 4.79 Å². The van der Waals surface area contributed by atoms with E-state index in [1.165, 1.54) is 12.8 Å². The Morgan fingerprint density at radius 2 is 2.28 bits per heavy atom. The number of nitrogens with zero attached hydrogens (tertiary/aromatic N) is 1. The lowest BCUT2D eigenvalue weighted by Gasteiger charge is -2.18. The Balaban J connectivity index is 2.10. The van der Waals surface area contributed by atoms with Gasteiger partial charge in [-0.05, 0) is 37.8 Å². The molecule has 1 aliphatic heterocycles. The fourth-order valence-corrected chi connectivity index (χ4v) is 2.69. The van der Waals surface area contributed by atoms with Gasteiger partial charge in [-0.1, -0.05) is 25.0 Å². The lowest BCUT2D eigenvalue weighted by Crippen LogP contribution is -2.29. The van der Waals surface area contributed by atoms with Crippen LogP contribution in [0.5, 0.6) is 0 Å². The highest BCUT2D eigenvalue weighted by atomic mass is 16.2. The van der Waals surface area contributed by atoms with Gasteiger partial charge in [-0.25, -0.2) is 0 Å². The van der Waals surface area contributed by atoms with Gasteiger partial charge in [0.25, 0.3) is 5.91 Å². The minimum atomic E-state index is 0.0924. The van der Waals surface area contributed by atoms with Gasteiger partial charge < -0.3 is 10.6 Å². The van der Waals surface area contributed by atoms with Crippen molar-refractivity contribution in [3.8, 4) is 0 Å². The molecule has 1 saturated heterocycles. The van der Waals surface area contributed by atoms with Crippen LogP contribution in [0.4, 0.5) is 5.69 Å². The molecule has 0 aromatic heterocycles. The van der Waals surface area contributed by atoms with E-state index in [-0.39, 0.29) is 5.91 Å². The van der Waals surface area contributed by atoms with Gasteiger partial charge in [0.2, 0.25) is 0 Å². The predicted molar refractivity (Wildman–Crippen MR) is 74.5 cm³/mol. The van der Waals surface area contributed by atoms with Crippen molar-refractivity contribution in [2.24, 2.45) is 5.92 Å². The number of carbonyl (C=O) groups excluding carboxylic acids is 1. The van der Waals surface area contributed by atoms with Gasteiger partial charge >= 0.3 is 0 Å². The molecule has 1 aromatic carbocycles. The molecule has 18 heavy (non-hydrogen) atoms. The minimum absolute atomic E-state index is 0.0924. The second-order valence-corrected chi connectivity index (χ2v) is 5.29. The number of amides is 1. The Kier molecular flexibility index (Phi) is 3.90. The van der Waals surface area contributed by atoms with Crippen molar-refractivity contribution in [2.45, 2.75) is 33.1 Å². The van der Waals surface area contributed by atoms with E-state index < -0.39 is 0 Å². The van der Waals surface area contributed by atoms with Gasteiger partial charge in [0.1, 0.15) is 0 Å². The molecule has 1 heterocycles. The fraction of sp³-hybridized carbons (Fsp3) is 0.533. The van der Waals surface area contributed by atoms with Gasteiger partial charge in [0.05, 0.1) is 5.56 Å². The minimum Gasteiger partial charge on any atom is -0.398 e. The third-order valence-corrected chi connectivity index (χ3v) is 3.71. The molecular weight excluding hydrogens is 224 g/mol. The first-order valence-electron chi connectivity index (χ1n) is 6.77. The summed E-state index contributed by atoms with van der Waals surface area (Å²) in [6.45, 7) is 5.94. The summed E-state index contributed by atoms with van der Waals surface area (Å²) < 4.78 is 0. The highest BCUT2D eigenvalue weighted by Gasteiger charge is 2.27. The molecule has 3 nitrogen and oxygen atoms in total. The number of benzene rings is 1. The lowest BCUT2D eigenvalue weighted by molar-refractivity contribution is 0.0787. The summed E-state index contributed by atoms with van der Waals surface area (Å²) in [6.07, 6.45) is 3.54. The predicted octanol–water partition coefficient (Wildman–Crippen LogP) is 2.84. The zero-order chi connectivity index (χ0) is 13.1. The van der Waals surface area contributed by atoms with E-state index in [1.54, 1.807) is 0 Å². The topological polar surface area (TPSA) is 46.3 Å². The summed E-state index contributed by atoms with van der Waals surface area (Å²) in [6, 6.07) is 5.66. The molecule has 1 aliphatic rings. The average Bonchev–Trinajstić information content (AvgIpc) is 2.80. The zero-order valence-electron chi connectivity index (χ0n) is 11.3. The van der Waals surface area contributed by atoms with Crippen LogP contribution in [-0.4, -0.2) is 23.9 Å². The summed E-state index contributed by atoms with van der Waals surface area (Å²) in [5.74, 6) is 0.764. The molecule has 2 N–H and O–H groups in total. The second-order valence-electron chi connectivity index (χ2n) is 5.29. The number of nitrogens with two attached hydrogens (primary N) is 1. The number of hydrogen-bond donors (Lipinski definition) is 1. The third kappa shape index (κ3) is 2.66. The van der Waals surface area contributed by atoms with E-state index in [0.29, 0.717) is 17.2 Å². The smallest absolute Gasteiger partial charge is 0.255 e. The van der Waals surface area contributed by atoms with E-state index in [2.05, 4.69) is 6.92 Å². The van der Waals surface area contributed by atoms with Gasteiger partial charge in [-0.2, -0.15) is 0 Å². The van der Waals surface area contributed by atoms with E-state index in [9.17, 15) is 4.79 Å². The first-order chi connectivity index (χ1) is 8.61. The second kappa shape index (κ2) is 5.42. The lowest BCUT2D eigenvalue weighted by atomic mass is 10.0. The maximum atomic E-state index is 12.4. The Hall–Kier alpha value is -1.51. The Morgan fingerprint density at radius 3 is 3.00 bits per heavy atom. The molecule has 3 heteroatoms. The molecule has 0 radical (unpaired) electrons. The number of nitrogen functional groups attached to an aromatic ring is 1. The number of hydrogen-bond acceptors (Lipinski definition) is 2. The van der Waals surface area contributed by atoms with Crippen LogP contribution in [0.3, 0.4) is 0 Å². The SMILES string of the molecule is CCCC1CCN(C(=O)c2cc(C)ccc2N)C1. The first kappa shape index (κ1) is 12.9. The largest absolute Gasteiger partial charge is 0.398 e. The van der Waals surface area contributed by atoms with E-state index >= 15 is 0 Å². The highest BCUT2D eigenvalue weighted by molar-refractivity contribution is 5.99. The molecule has 1 fully saturated rings. The number of likely N-dealkylation sites (tertiary alicyclic amines) is 1. The highest BCUT2D eigenvalue weighted by Crippen LogP contribution is 2.24. The van der Waals surface area contributed by atoms with Crippen LogP contribution in [0, 0.1) is 12.8 Å². The molecule has 1 atom stereocenters. The van der Waals surface area contributed by atoms with Crippen molar-refractivity contribution in [3.63, 3.8) is 0 Å². The van der Waals surface area contributed by atoms with Gasteiger partial charge in [-0.15, -0.1) is 0 Å². The summed E-state index contributed by atoms with van der Waals surface area (Å²) in [5.41, 5.74) is 8.23. The first-order valence-corrected chi connectivity index (χ1v) is 6.77. The molecule has 0 spiro atoms. The molecule has 1 amide bonds. The average molecular weight is 246 g/mol. The molecule has 0 bridgehead atoms. The number of rotatable bonds is 3. The van der Waals surface area contributed by atoms with Crippen LogP contribution in [0.25, 0.3) is 0 Å². The van der Waals surface area contributed by atoms with Crippen LogP contribution in [0.15, 0.2) is 18.2 Å². The Morgan fingerprint density at radius 1 is 1.50 bits per heavy atom. The van der Waals surface area contributed by atoms with Crippen molar-refractivity contribution < 1.29 is 4.79 Å². The van der Waals surface area contributed by atoms with Crippen LogP contribution in [0.2, 0.25) is 0 Å². The summed E-state index contributed by atoms with van der Waals surface area (Å²) >= 11 is 0. The summed E-state index contributed by atoms with van der Waals surface area (Å²) in [4.78, 5) is 14.4. The molecule has 2 rings (SSSR count). The van der Waals surface area contributed by atoms with E-state index in [0.717, 1.165) is 25.1 Å². The molecule has 98 valence electrons. The van der Waals surface area contributed by atoms with E-state index in [1.807, 2.05) is 30.0 Å². The Labute approximate surface area is 109 Å². The molecular formula is C15H22N2O. The third-order valence-electron chi connectivity index (χ3n) is 3.71. The number of anilines is 1. The van der Waals surface area contributed by atoms with Crippen LogP contribution < -0.4 is 5.73 Å². The van der Waals surface area contributed by atoms with Gasteiger partial charge in [0, 0.05) is 18.8 Å². The summed E-state index contributed by atoms with van der Waals surface area (Å²) in [7, 11) is 0.